The predicted octanol–water partition coefficient (Wildman–Crippen LogP) is 13.6. The Morgan fingerprint density at radius 3 is 0.585 bits per heavy atom. The summed E-state index contributed by atoms with van der Waals surface area (Å²) in [6.07, 6.45) is 10.2. The number of halogens is 2. The minimum absolute atomic E-state index is 0. The smallest absolute Gasteiger partial charge is 1.00 e. The summed E-state index contributed by atoms with van der Waals surface area (Å²) in [7, 11) is 0. The maximum Gasteiger partial charge on any atom is -1.00 e. The van der Waals surface area contributed by atoms with Crippen LogP contribution in [0.5, 0.6) is 0 Å². The minimum Gasteiger partial charge on any atom is -1.00 e. The molecule has 4 unspecified atom stereocenters. The summed E-state index contributed by atoms with van der Waals surface area (Å²) in [6.45, 7) is 9.78. The summed E-state index contributed by atoms with van der Waals surface area (Å²) in [5.74, 6) is -3.23. The van der Waals surface area contributed by atoms with E-state index in [0.29, 0.717) is 14.7 Å². The number of allylic oxidation sites excluding steroid dienone is 4. The van der Waals surface area contributed by atoms with Crippen molar-refractivity contribution in [3.8, 4) is 44.5 Å². The van der Waals surface area contributed by atoms with Crippen molar-refractivity contribution in [1.29, 1.82) is 0 Å². The van der Waals surface area contributed by atoms with Crippen LogP contribution in [0.1, 0.15) is 86.9 Å². The van der Waals surface area contributed by atoms with Gasteiger partial charge in [0.1, 0.15) is 0 Å². The summed E-state index contributed by atoms with van der Waals surface area (Å²) in [5.41, 5.74) is 29.1. The molecule has 0 heterocycles. The Kier molecular flexibility index (Phi) is 20.2. The van der Waals surface area contributed by atoms with Crippen LogP contribution in [0.3, 0.4) is 0 Å². The average molecular weight is 1620 g/mol. The van der Waals surface area contributed by atoms with Gasteiger partial charge >= 0.3 is 567 Å². The molecule has 4 atom stereocenters. The van der Waals surface area contributed by atoms with Gasteiger partial charge in [0.05, 0.1) is 0 Å². The van der Waals surface area contributed by atoms with Crippen molar-refractivity contribution >= 4 is 57.0 Å². The van der Waals surface area contributed by atoms with Crippen LogP contribution in [0.15, 0.2) is 338 Å². The monoisotopic (exact) mass is 1620 g/mol. The predicted molar refractivity (Wildman–Crippen MR) is 392 cm³/mol. The van der Waals surface area contributed by atoms with E-state index in [1.54, 1.807) is 65.3 Å². The molecule has 4 aliphatic carbocycles. The van der Waals surface area contributed by atoms with Gasteiger partial charge in [0.15, 0.2) is 0 Å². The Morgan fingerprint density at radius 2 is 0.394 bits per heavy atom. The van der Waals surface area contributed by atoms with Crippen molar-refractivity contribution in [3.05, 3.63) is 382 Å². The second-order valence-electron chi connectivity index (χ2n) is 25.5. The van der Waals surface area contributed by atoms with Crippen molar-refractivity contribution in [1.82, 2.24) is 0 Å². The number of hydrogen-bond acceptors (Lipinski definition) is 0. The Labute approximate surface area is 586 Å². The molecular formula is C88H74Cl2Hf2Si2. The zero-order valence-corrected chi connectivity index (χ0v) is 64.6. The van der Waals surface area contributed by atoms with Crippen molar-refractivity contribution in [2.24, 2.45) is 0 Å². The molecule has 0 saturated heterocycles. The molecule has 0 nitrogen and oxygen atoms in total. The van der Waals surface area contributed by atoms with Crippen LogP contribution in [0.25, 0.3) is 68.8 Å². The molecule has 0 saturated carbocycles. The van der Waals surface area contributed by atoms with Gasteiger partial charge in [-0.25, -0.2) is 0 Å². The standard InChI is InChI=1S/4C16H13.2C12H11Si.2ClH.2Hf/c4*1-12-10-14-8-5-9-15(16(14)11-12)13-6-3-2-4-7-13;2*1-3-7-11(8-4-1)13-12-9-5-2-6-10-12;;;;/h4*2-11H,1H3;2*1-10,13H;2*1H;;/q;;;;;;;;2*+1/p-2. The number of rotatable bonds is 14. The summed E-state index contributed by atoms with van der Waals surface area (Å²) in [4.78, 5) is 0. The van der Waals surface area contributed by atoms with Crippen LogP contribution in [0, 0.1) is 0 Å². The van der Waals surface area contributed by atoms with Crippen LogP contribution in [-0.2, 0) is 41.2 Å². The third-order valence-corrected chi connectivity index (χ3v) is 85.8. The molecule has 94 heavy (non-hydrogen) atoms. The van der Waals surface area contributed by atoms with Gasteiger partial charge in [-0.05, 0) is 0 Å². The van der Waals surface area contributed by atoms with Gasteiger partial charge in [-0.15, -0.1) is 0 Å². The Morgan fingerprint density at radius 1 is 0.213 bits per heavy atom. The van der Waals surface area contributed by atoms with E-state index in [-0.39, 0.29) is 24.8 Å². The fourth-order valence-corrected chi connectivity index (χ4v) is 95.9. The minimum atomic E-state index is -2.86. The van der Waals surface area contributed by atoms with E-state index < -0.39 is 53.2 Å². The Balaban J connectivity index is 0.000000167. The van der Waals surface area contributed by atoms with Crippen LogP contribution in [-0.4, -0.2) is 12.0 Å². The van der Waals surface area contributed by atoms with Gasteiger partial charge < -0.3 is 24.8 Å². The quantitative estimate of drug-likeness (QED) is 0.0952. The molecule has 0 bridgehead atoms. The first kappa shape index (κ1) is 65.0. The molecule has 0 aromatic heterocycles. The topological polar surface area (TPSA) is 0 Å². The number of benzene rings is 12. The summed E-state index contributed by atoms with van der Waals surface area (Å²) >= 11 is -5.71. The molecule has 12 aromatic carbocycles. The molecule has 0 radical (unpaired) electrons. The third kappa shape index (κ3) is 12.5. The van der Waals surface area contributed by atoms with Crippen molar-refractivity contribution < 1.29 is 66.0 Å². The zero-order valence-electron chi connectivity index (χ0n) is 53.6. The van der Waals surface area contributed by atoms with E-state index in [9.17, 15) is 0 Å². The normalized spacial score (nSPS) is 16.1. The first-order valence-corrected chi connectivity index (χ1v) is 57.0. The molecule has 16 rings (SSSR count). The maximum absolute atomic E-state index is 2.86. The summed E-state index contributed by atoms with van der Waals surface area (Å²) in [5, 5.41) is 6.43. The molecule has 12 aromatic rings. The molecule has 0 amide bonds. The molecule has 456 valence electrons. The van der Waals surface area contributed by atoms with E-state index in [2.05, 4.69) is 367 Å². The largest absolute Gasteiger partial charge is 1.00 e. The molecule has 6 heteroatoms. The molecular weight excluding hydrogens is 1540 g/mol. The van der Waals surface area contributed by atoms with Gasteiger partial charge in [-0.3, -0.25) is 0 Å². The maximum atomic E-state index is 2.56. The fourth-order valence-electron chi connectivity index (χ4n) is 16.2. The Hall–Kier alpha value is -7.65. The van der Waals surface area contributed by atoms with E-state index >= 15 is 0 Å². The van der Waals surface area contributed by atoms with Crippen molar-refractivity contribution in [2.75, 3.05) is 0 Å². The fraction of sp³-hybridized carbons (Fsp3) is 0.0909. The van der Waals surface area contributed by atoms with Crippen LogP contribution < -0.4 is 45.6 Å². The number of fused-ring (bicyclic) bond motifs is 4. The van der Waals surface area contributed by atoms with E-state index in [1.165, 1.54) is 66.8 Å². The van der Waals surface area contributed by atoms with Gasteiger partial charge in [0, 0.05) is 0 Å². The molecule has 4 aliphatic rings. The number of hydrogen-bond donors (Lipinski definition) is 0. The molecule has 0 N–H and O–H groups in total. The van der Waals surface area contributed by atoms with E-state index in [4.69, 9.17) is 0 Å². The van der Waals surface area contributed by atoms with Crippen molar-refractivity contribution in [2.45, 2.75) is 42.4 Å². The van der Waals surface area contributed by atoms with Crippen molar-refractivity contribution in [3.63, 3.8) is 0 Å². The van der Waals surface area contributed by atoms with Gasteiger partial charge in [0.2, 0.25) is 0 Å². The first-order valence-electron chi connectivity index (χ1n) is 32.8. The van der Waals surface area contributed by atoms with Crippen LogP contribution in [0.4, 0.5) is 0 Å². The molecule has 0 spiro atoms. The molecule has 0 fully saturated rings. The van der Waals surface area contributed by atoms with E-state index in [0.717, 1.165) is 0 Å². The average Bonchev–Trinajstić information content (AvgIpc) is 1.56. The first-order chi connectivity index (χ1) is 45.4. The van der Waals surface area contributed by atoms with E-state index in [1.807, 2.05) is 0 Å². The second-order valence-corrected chi connectivity index (χ2v) is 68.7. The third-order valence-electron chi connectivity index (χ3n) is 20.0. The van der Waals surface area contributed by atoms with Crippen LogP contribution in [0.2, 0.25) is 0 Å². The van der Waals surface area contributed by atoms with Gasteiger partial charge in [-0.1, -0.05) is 0 Å². The Bertz CT molecular complexity index is 4150. The summed E-state index contributed by atoms with van der Waals surface area (Å²) in [6, 6.07) is 119. The van der Waals surface area contributed by atoms with Gasteiger partial charge in [-0.2, -0.15) is 0 Å². The molecule has 0 aliphatic heterocycles. The second kappa shape index (κ2) is 29.1. The SMILES string of the molecule is CC1=Cc2c(-c3ccccc3)cccc2[CH]1[Hf+]([CH]1C(C)=Cc2c(-c3ccccc3)cccc21)[SiH](c1ccccc1)c1ccccc1.CC1=Cc2c(-c3ccccc3)cccc2[CH]1[Hf+]([CH]1C(C)=Cc2c(-c3ccccc3)cccc21)[SiH](c1ccccc1)c1ccccc1.[Cl-].[Cl-]. The summed E-state index contributed by atoms with van der Waals surface area (Å²) < 4.78 is 2.11. The van der Waals surface area contributed by atoms with Gasteiger partial charge in [0.25, 0.3) is 0 Å². The zero-order chi connectivity index (χ0) is 62.1. The van der Waals surface area contributed by atoms with Crippen LogP contribution >= 0.6 is 0 Å².